The van der Waals surface area contributed by atoms with Gasteiger partial charge in [-0.15, -0.1) is 0 Å². The number of fused-ring (bicyclic) bond motifs is 1. The van der Waals surface area contributed by atoms with Crippen molar-refractivity contribution in [1.29, 1.82) is 0 Å². The summed E-state index contributed by atoms with van der Waals surface area (Å²) in [6, 6.07) is 5.62. The second kappa shape index (κ2) is 6.13. The van der Waals surface area contributed by atoms with Crippen LogP contribution in [0.5, 0.6) is 11.5 Å². The summed E-state index contributed by atoms with van der Waals surface area (Å²) in [6.07, 6.45) is 2.06. The average molecular weight is 263 g/mol. The molecule has 0 saturated heterocycles. The molecule has 2 N–H and O–H groups in total. The minimum atomic E-state index is -0.932. The number of hydrogen-bond donors (Lipinski definition) is 2. The molecule has 0 amide bonds. The lowest BCUT2D eigenvalue weighted by atomic mass is 10.2. The number of ether oxygens (including phenoxy) is 2. The minimum absolute atomic E-state index is 0.478. The number of anilines is 1. The van der Waals surface area contributed by atoms with Crippen molar-refractivity contribution >= 4 is 11.7 Å². The van der Waals surface area contributed by atoms with Crippen molar-refractivity contribution in [2.24, 2.45) is 0 Å². The van der Waals surface area contributed by atoms with Crippen LogP contribution in [-0.4, -0.2) is 30.8 Å². The Morgan fingerprint density at radius 3 is 2.84 bits per heavy atom. The first-order valence-electron chi connectivity index (χ1n) is 6.19. The maximum Gasteiger partial charge on any atom is 0.328 e. The van der Waals surface area contributed by atoms with Crippen LogP contribution in [0.25, 0.3) is 0 Å². The van der Waals surface area contributed by atoms with Gasteiger partial charge in [0.25, 0.3) is 0 Å². The molecule has 0 saturated carbocycles. The summed E-state index contributed by atoms with van der Waals surface area (Å²) >= 11 is 0. The molecule has 1 aromatic carbocycles. The Balaban J connectivity index is 2.02. The first-order chi connectivity index (χ1) is 9.15. The van der Waals surface area contributed by atoms with Crippen LogP contribution in [0.15, 0.2) is 29.8 Å². The second-order valence-corrected chi connectivity index (χ2v) is 4.39. The number of benzene rings is 1. The Hall–Kier alpha value is -2.17. The molecule has 5 heteroatoms. The van der Waals surface area contributed by atoms with Gasteiger partial charge in [-0.1, -0.05) is 0 Å². The fourth-order valence-electron chi connectivity index (χ4n) is 1.78. The van der Waals surface area contributed by atoms with Gasteiger partial charge in [-0.25, -0.2) is 4.79 Å². The Morgan fingerprint density at radius 2 is 2.11 bits per heavy atom. The number of hydrogen-bond acceptors (Lipinski definition) is 4. The first kappa shape index (κ1) is 13.3. The number of aliphatic carboxylic acids is 1. The van der Waals surface area contributed by atoms with Crippen molar-refractivity contribution in [2.75, 3.05) is 25.1 Å². The van der Waals surface area contributed by atoms with E-state index in [-0.39, 0.29) is 0 Å². The molecule has 0 bridgehead atoms. The highest BCUT2D eigenvalue weighted by molar-refractivity contribution is 5.80. The summed E-state index contributed by atoms with van der Waals surface area (Å²) in [5, 5.41) is 11.8. The number of nitrogens with one attached hydrogen (secondary N) is 1. The van der Waals surface area contributed by atoms with Gasteiger partial charge in [0.05, 0.1) is 13.2 Å². The minimum Gasteiger partial charge on any atom is -0.490 e. The molecule has 1 aliphatic heterocycles. The van der Waals surface area contributed by atoms with Crippen LogP contribution in [0.2, 0.25) is 0 Å². The molecule has 0 fully saturated rings. The lowest BCUT2D eigenvalue weighted by molar-refractivity contribution is -0.131. The number of rotatable bonds is 4. The Bertz CT molecular complexity index is 496. The van der Waals surface area contributed by atoms with Crippen LogP contribution in [0.3, 0.4) is 0 Å². The van der Waals surface area contributed by atoms with E-state index < -0.39 is 5.97 Å². The zero-order chi connectivity index (χ0) is 13.7. The van der Waals surface area contributed by atoms with Crippen LogP contribution < -0.4 is 14.8 Å². The third-order valence-corrected chi connectivity index (χ3v) is 2.69. The highest BCUT2D eigenvalue weighted by atomic mass is 16.5. The molecule has 0 unspecified atom stereocenters. The average Bonchev–Trinajstić information content (AvgIpc) is 2.60. The van der Waals surface area contributed by atoms with E-state index in [0.29, 0.717) is 19.8 Å². The normalized spacial score (nSPS) is 14.7. The smallest absolute Gasteiger partial charge is 0.328 e. The molecule has 0 aromatic heterocycles. The van der Waals surface area contributed by atoms with E-state index in [0.717, 1.165) is 29.2 Å². The number of carboxylic acids is 1. The molecule has 1 aliphatic rings. The molecule has 0 spiro atoms. The van der Waals surface area contributed by atoms with E-state index in [1.165, 1.54) is 6.08 Å². The largest absolute Gasteiger partial charge is 0.490 e. The van der Waals surface area contributed by atoms with Gasteiger partial charge >= 0.3 is 5.97 Å². The van der Waals surface area contributed by atoms with Crippen molar-refractivity contribution in [3.63, 3.8) is 0 Å². The van der Waals surface area contributed by atoms with Gasteiger partial charge in [-0.05, 0) is 24.6 Å². The van der Waals surface area contributed by atoms with E-state index in [1.54, 1.807) is 6.92 Å². The Labute approximate surface area is 111 Å². The zero-order valence-corrected chi connectivity index (χ0v) is 10.8. The molecule has 2 rings (SSSR count). The van der Waals surface area contributed by atoms with Crippen molar-refractivity contribution in [2.45, 2.75) is 13.3 Å². The molecule has 0 atom stereocenters. The standard InChI is InChI=1S/C14H17NO4/c1-10(7-14(16)17)9-15-11-3-4-12-13(8-11)19-6-2-5-18-12/h3-4,7-8,15H,2,5-6,9H2,1H3,(H,16,17)/b10-7-. The maximum atomic E-state index is 10.5. The van der Waals surface area contributed by atoms with Gasteiger partial charge in [-0.3, -0.25) is 0 Å². The van der Waals surface area contributed by atoms with Crippen LogP contribution in [0.4, 0.5) is 5.69 Å². The molecule has 102 valence electrons. The predicted molar refractivity (Wildman–Crippen MR) is 71.9 cm³/mol. The van der Waals surface area contributed by atoms with Crippen molar-refractivity contribution in [3.8, 4) is 11.5 Å². The van der Waals surface area contributed by atoms with Gasteiger partial charge in [0.15, 0.2) is 11.5 Å². The van der Waals surface area contributed by atoms with Gasteiger partial charge in [0, 0.05) is 30.8 Å². The molecule has 0 aliphatic carbocycles. The molecular formula is C14H17NO4. The summed E-state index contributed by atoms with van der Waals surface area (Å²) in [6.45, 7) is 3.56. The summed E-state index contributed by atoms with van der Waals surface area (Å²) in [5.41, 5.74) is 1.63. The topological polar surface area (TPSA) is 67.8 Å². The second-order valence-electron chi connectivity index (χ2n) is 4.39. The van der Waals surface area contributed by atoms with Crippen LogP contribution >= 0.6 is 0 Å². The van der Waals surface area contributed by atoms with E-state index in [9.17, 15) is 4.79 Å². The van der Waals surface area contributed by atoms with E-state index in [2.05, 4.69) is 5.32 Å². The Kier molecular flexibility index (Phi) is 4.28. The molecule has 19 heavy (non-hydrogen) atoms. The zero-order valence-electron chi connectivity index (χ0n) is 10.8. The van der Waals surface area contributed by atoms with Crippen molar-refractivity contribution < 1.29 is 19.4 Å². The molecular weight excluding hydrogens is 246 g/mol. The third kappa shape index (κ3) is 3.91. The monoisotopic (exact) mass is 263 g/mol. The van der Waals surface area contributed by atoms with Gasteiger partial charge in [-0.2, -0.15) is 0 Å². The van der Waals surface area contributed by atoms with Crippen LogP contribution in [0.1, 0.15) is 13.3 Å². The molecule has 1 aromatic rings. The number of carboxylic acid groups (broad SMARTS) is 1. The van der Waals surface area contributed by atoms with E-state index >= 15 is 0 Å². The van der Waals surface area contributed by atoms with Crippen LogP contribution in [0, 0.1) is 0 Å². The Morgan fingerprint density at radius 1 is 1.37 bits per heavy atom. The maximum absolute atomic E-state index is 10.5. The summed E-state index contributed by atoms with van der Waals surface area (Å²) < 4.78 is 11.1. The first-order valence-corrected chi connectivity index (χ1v) is 6.19. The highest BCUT2D eigenvalue weighted by Gasteiger charge is 2.10. The lowest BCUT2D eigenvalue weighted by Crippen LogP contribution is -2.05. The number of carbonyl (C=O) groups is 1. The van der Waals surface area contributed by atoms with Crippen LogP contribution in [-0.2, 0) is 4.79 Å². The van der Waals surface area contributed by atoms with Gasteiger partial charge < -0.3 is 19.9 Å². The molecule has 5 nitrogen and oxygen atoms in total. The third-order valence-electron chi connectivity index (χ3n) is 2.69. The highest BCUT2D eigenvalue weighted by Crippen LogP contribution is 2.32. The summed E-state index contributed by atoms with van der Waals surface area (Å²) in [7, 11) is 0. The SMILES string of the molecule is C/C(=C/C(=O)O)CNc1ccc2c(c1)OCCCO2. The van der Waals surface area contributed by atoms with E-state index in [4.69, 9.17) is 14.6 Å². The quantitative estimate of drug-likeness (QED) is 0.816. The van der Waals surface area contributed by atoms with Crippen molar-refractivity contribution in [1.82, 2.24) is 0 Å². The fraction of sp³-hybridized carbons (Fsp3) is 0.357. The lowest BCUT2D eigenvalue weighted by Gasteiger charge is -2.11. The summed E-state index contributed by atoms with van der Waals surface area (Å²) in [4.78, 5) is 10.5. The molecule has 1 heterocycles. The predicted octanol–water partition coefficient (Wildman–Crippen LogP) is 2.29. The van der Waals surface area contributed by atoms with E-state index in [1.807, 2.05) is 18.2 Å². The molecule has 0 radical (unpaired) electrons. The van der Waals surface area contributed by atoms with Gasteiger partial charge in [0.1, 0.15) is 0 Å². The van der Waals surface area contributed by atoms with Crippen molar-refractivity contribution in [3.05, 3.63) is 29.8 Å². The van der Waals surface area contributed by atoms with Gasteiger partial charge in [0.2, 0.25) is 0 Å². The summed E-state index contributed by atoms with van der Waals surface area (Å²) in [5.74, 6) is 0.543. The fourth-order valence-corrected chi connectivity index (χ4v) is 1.78.